The largest absolute Gasteiger partial charge is 0.388 e. The number of fused-ring (bicyclic) bond motifs is 1. The Hall–Kier alpha value is -1.19. The molecule has 0 fully saturated rings. The average Bonchev–Trinajstić information content (AvgIpc) is 2.89. The third-order valence-corrected chi connectivity index (χ3v) is 4.40. The Labute approximate surface area is 126 Å². The Balaban J connectivity index is 1.82. The van der Waals surface area contributed by atoms with Gasteiger partial charge in [0.05, 0.1) is 6.10 Å². The maximum atomic E-state index is 13.8. The Kier molecular flexibility index (Phi) is 3.90. The second-order valence-corrected chi connectivity index (χ2v) is 6.26. The molecule has 1 aliphatic rings. The number of hydrogen-bond donors (Lipinski definition) is 1. The topological polar surface area (TPSA) is 20.2 Å². The first kappa shape index (κ1) is 13.8. The monoisotopic (exact) mass is 334 g/mol. The van der Waals surface area contributed by atoms with Gasteiger partial charge in [-0.1, -0.05) is 34.1 Å². The number of halogens is 2. The summed E-state index contributed by atoms with van der Waals surface area (Å²) in [6.45, 7) is 0. The first-order valence-electron chi connectivity index (χ1n) is 6.87. The Morgan fingerprint density at radius 3 is 2.75 bits per heavy atom. The van der Waals surface area contributed by atoms with E-state index in [9.17, 15) is 9.50 Å². The smallest absolute Gasteiger partial charge is 0.129 e. The highest BCUT2D eigenvalue weighted by Gasteiger charge is 2.16. The van der Waals surface area contributed by atoms with Crippen LogP contribution in [0.4, 0.5) is 4.39 Å². The molecule has 0 aromatic heterocycles. The molecule has 0 aliphatic heterocycles. The molecule has 0 heterocycles. The average molecular weight is 335 g/mol. The van der Waals surface area contributed by atoms with Crippen molar-refractivity contribution in [2.45, 2.75) is 31.8 Å². The van der Waals surface area contributed by atoms with Gasteiger partial charge in [-0.15, -0.1) is 0 Å². The number of hydrogen-bond acceptors (Lipinski definition) is 1. The molecular weight excluding hydrogens is 319 g/mol. The van der Waals surface area contributed by atoms with Crippen molar-refractivity contribution in [3.05, 3.63) is 68.9 Å². The van der Waals surface area contributed by atoms with Crippen molar-refractivity contribution in [2.24, 2.45) is 0 Å². The van der Waals surface area contributed by atoms with Gasteiger partial charge in [-0.05, 0) is 54.2 Å². The van der Waals surface area contributed by atoms with Crippen molar-refractivity contribution in [3.63, 3.8) is 0 Å². The van der Waals surface area contributed by atoms with Crippen molar-refractivity contribution >= 4 is 15.9 Å². The first-order valence-corrected chi connectivity index (χ1v) is 7.66. The van der Waals surface area contributed by atoms with Crippen molar-refractivity contribution < 1.29 is 9.50 Å². The van der Waals surface area contributed by atoms with E-state index in [0.29, 0.717) is 12.0 Å². The molecule has 1 aliphatic carbocycles. The molecule has 20 heavy (non-hydrogen) atoms. The minimum absolute atomic E-state index is 0.347. The summed E-state index contributed by atoms with van der Waals surface area (Å²) >= 11 is 3.31. The third kappa shape index (κ3) is 2.79. The van der Waals surface area contributed by atoms with Gasteiger partial charge >= 0.3 is 0 Å². The maximum Gasteiger partial charge on any atom is 0.129 e. The summed E-state index contributed by atoms with van der Waals surface area (Å²) in [4.78, 5) is 0. The van der Waals surface area contributed by atoms with Crippen LogP contribution < -0.4 is 0 Å². The highest BCUT2D eigenvalue weighted by Crippen LogP contribution is 2.27. The number of aryl methyl sites for hydroxylation is 2. The van der Waals surface area contributed by atoms with E-state index in [2.05, 4.69) is 28.1 Å². The van der Waals surface area contributed by atoms with E-state index in [1.54, 1.807) is 12.1 Å². The van der Waals surface area contributed by atoms with Crippen LogP contribution in [0.5, 0.6) is 0 Å². The quantitative estimate of drug-likeness (QED) is 0.884. The van der Waals surface area contributed by atoms with Crippen molar-refractivity contribution in [1.82, 2.24) is 0 Å². The zero-order valence-corrected chi connectivity index (χ0v) is 12.7. The molecule has 1 unspecified atom stereocenters. The van der Waals surface area contributed by atoms with Gasteiger partial charge in [-0.3, -0.25) is 0 Å². The van der Waals surface area contributed by atoms with Gasteiger partial charge < -0.3 is 5.11 Å². The van der Waals surface area contributed by atoms with Crippen molar-refractivity contribution in [2.75, 3.05) is 0 Å². The van der Waals surface area contributed by atoms with Crippen LogP contribution in [0.2, 0.25) is 0 Å². The predicted molar refractivity (Wildman–Crippen MR) is 81.2 cm³/mol. The molecule has 3 heteroatoms. The number of rotatable bonds is 3. The molecular formula is C17H16BrFO. The van der Waals surface area contributed by atoms with Gasteiger partial charge in [0.25, 0.3) is 0 Å². The molecule has 2 aromatic carbocycles. The van der Waals surface area contributed by atoms with Crippen LogP contribution in [0.3, 0.4) is 0 Å². The lowest BCUT2D eigenvalue weighted by molar-refractivity contribution is 0.173. The zero-order valence-electron chi connectivity index (χ0n) is 11.1. The summed E-state index contributed by atoms with van der Waals surface area (Å²) in [5, 5.41) is 10.3. The number of aliphatic hydroxyl groups excluding tert-OH is 1. The van der Waals surface area contributed by atoms with Gasteiger partial charge in [0.15, 0.2) is 0 Å². The fraction of sp³-hybridized carbons (Fsp3) is 0.294. The molecule has 0 radical (unpaired) electrons. The first-order chi connectivity index (χ1) is 9.63. The summed E-state index contributed by atoms with van der Waals surface area (Å²) in [5.41, 5.74) is 4.21. The highest BCUT2D eigenvalue weighted by molar-refractivity contribution is 9.10. The van der Waals surface area contributed by atoms with Crippen LogP contribution in [0.25, 0.3) is 0 Å². The van der Waals surface area contributed by atoms with Crippen LogP contribution in [0, 0.1) is 5.82 Å². The molecule has 0 saturated heterocycles. The van der Waals surface area contributed by atoms with E-state index in [0.717, 1.165) is 22.9 Å². The van der Waals surface area contributed by atoms with E-state index in [-0.39, 0.29) is 5.82 Å². The van der Waals surface area contributed by atoms with Gasteiger partial charge in [0.1, 0.15) is 5.82 Å². The lowest BCUT2D eigenvalue weighted by atomic mass is 9.98. The molecule has 104 valence electrons. The number of aliphatic hydroxyl groups is 1. The summed E-state index contributed by atoms with van der Waals surface area (Å²) < 4.78 is 14.5. The van der Waals surface area contributed by atoms with Crippen LogP contribution >= 0.6 is 15.9 Å². The summed E-state index contributed by atoms with van der Waals surface area (Å²) in [6, 6.07) is 11.0. The van der Waals surface area contributed by atoms with E-state index in [1.165, 1.54) is 23.6 Å². The fourth-order valence-electron chi connectivity index (χ4n) is 2.86. The third-order valence-electron chi connectivity index (χ3n) is 3.91. The minimum Gasteiger partial charge on any atom is -0.388 e. The lowest BCUT2D eigenvalue weighted by Gasteiger charge is -2.13. The van der Waals surface area contributed by atoms with Gasteiger partial charge in [0, 0.05) is 16.5 Å². The molecule has 0 amide bonds. The Bertz CT molecular complexity index is 639. The summed E-state index contributed by atoms with van der Waals surface area (Å²) in [7, 11) is 0. The predicted octanol–water partition coefficient (Wildman–Crippen LogP) is 4.35. The van der Waals surface area contributed by atoms with Gasteiger partial charge in [-0.25, -0.2) is 4.39 Å². The molecule has 2 aromatic rings. The van der Waals surface area contributed by atoms with E-state index < -0.39 is 6.10 Å². The van der Waals surface area contributed by atoms with Gasteiger partial charge in [-0.2, -0.15) is 0 Å². The van der Waals surface area contributed by atoms with E-state index in [1.807, 2.05) is 6.07 Å². The fourth-order valence-corrected chi connectivity index (χ4v) is 3.23. The van der Waals surface area contributed by atoms with Gasteiger partial charge in [0.2, 0.25) is 0 Å². The molecule has 3 rings (SSSR count). The lowest BCUT2D eigenvalue weighted by Crippen LogP contribution is -2.05. The molecule has 1 atom stereocenters. The maximum absolute atomic E-state index is 13.8. The number of benzene rings is 2. The standard InChI is InChI=1S/C17H16BrFO/c18-14-6-7-16(19)15(10-14)17(20)9-11-4-5-12-2-1-3-13(12)8-11/h4-8,10,17,20H,1-3,9H2. The normalized spacial score (nSPS) is 15.2. The Morgan fingerprint density at radius 2 is 1.90 bits per heavy atom. The molecule has 1 nitrogen and oxygen atoms in total. The van der Waals surface area contributed by atoms with E-state index >= 15 is 0 Å². The van der Waals surface area contributed by atoms with E-state index in [4.69, 9.17) is 0 Å². The zero-order chi connectivity index (χ0) is 14.1. The second kappa shape index (κ2) is 5.66. The summed E-state index contributed by atoms with van der Waals surface area (Å²) in [6.07, 6.45) is 3.11. The second-order valence-electron chi connectivity index (χ2n) is 5.34. The minimum atomic E-state index is -0.813. The van der Waals surface area contributed by atoms with Crippen LogP contribution in [-0.2, 0) is 19.3 Å². The Morgan fingerprint density at radius 1 is 1.10 bits per heavy atom. The van der Waals surface area contributed by atoms with Crippen LogP contribution in [0.15, 0.2) is 40.9 Å². The SMILES string of the molecule is OC(Cc1ccc2c(c1)CCC2)c1cc(Br)ccc1F. The van der Waals surface area contributed by atoms with Crippen LogP contribution in [-0.4, -0.2) is 5.11 Å². The van der Waals surface area contributed by atoms with Crippen molar-refractivity contribution in [1.29, 1.82) is 0 Å². The van der Waals surface area contributed by atoms with Crippen molar-refractivity contribution in [3.8, 4) is 0 Å². The molecule has 0 saturated carbocycles. The van der Waals surface area contributed by atoms with Crippen LogP contribution in [0.1, 0.15) is 34.8 Å². The molecule has 0 spiro atoms. The highest BCUT2D eigenvalue weighted by atomic mass is 79.9. The molecule has 0 bridgehead atoms. The molecule has 1 N–H and O–H groups in total. The summed E-state index contributed by atoms with van der Waals surface area (Å²) in [5.74, 6) is -0.359.